The summed E-state index contributed by atoms with van der Waals surface area (Å²) < 4.78 is 29.0. The van der Waals surface area contributed by atoms with Gasteiger partial charge in [0.1, 0.15) is 28.5 Å². The second-order valence-corrected chi connectivity index (χ2v) is 26.0. The van der Waals surface area contributed by atoms with Gasteiger partial charge < -0.3 is 49.0 Å². The maximum atomic E-state index is 13.0. The van der Waals surface area contributed by atoms with Crippen LogP contribution < -0.4 is 21.4 Å². The van der Waals surface area contributed by atoms with Crippen LogP contribution in [0.2, 0.25) is 5.04 Å². The Kier molecular flexibility index (Phi) is 23.4. The van der Waals surface area contributed by atoms with Gasteiger partial charge in [-0.2, -0.15) is 0 Å². The molecule has 6 aromatic rings. The minimum absolute atomic E-state index is 0. The average Bonchev–Trinajstić information content (AvgIpc) is 3.99. The molecule has 0 fully saturated rings. The van der Waals surface area contributed by atoms with E-state index in [-0.39, 0.29) is 51.6 Å². The second-order valence-electron chi connectivity index (χ2n) is 21.7. The van der Waals surface area contributed by atoms with E-state index in [1.165, 1.54) is 15.9 Å². The highest BCUT2D eigenvalue weighted by Crippen LogP contribution is 2.37. The third-order valence-corrected chi connectivity index (χ3v) is 18.2. The van der Waals surface area contributed by atoms with Crippen LogP contribution in [0.5, 0.6) is 0 Å². The summed E-state index contributed by atoms with van der Waals surface area (Å²) in [4.78, 5) is 22.7. The Balaban J connectivity index is 0.000000446. The Hall–Kier alpha value is -5.45. The van der Waals surface area contributed by atoms with Gasteiger partial charge >= 0.3 is 6.09 Å². The molecule has 2 atom stereocenters. The fourth-order valence-electron chi connectivity index (χ4n) is 9.63. The average molecular weight is 1050 g/mol. The number of aliphatic hydroxyl groups excluding tert-OH is 2. The number of aromatic nitrogens is 4. The molecule has 0 saturated carbocycles. The van der Waals surface area contributed by atoms with Crippen LogP contribution >= 0.6 is 0 Å². The fraction of sp³-hybridized carbons (Fsp3) is 0.492. The van der Waals surface area contributed by atoms with Gasteiger partial charge in [-0.3, -0.25) is 0 Å². The number of ether oxygens (including phenoxy) is 3. The number of benzene rings is 4. The molecule has 412 valence electrons. The highest BCUT2D eigenvalue weighted by molar-refractivity contribution is 6.99. The number of nitrogens with two attached hydrogens (primary N) is 1. The van der Waals surface area contributed by atoms with E-state index in [1.54, 1.807) is 0 Å². The third-order valence-electron chi connectivity index (χ3n) is 13.1. The zero-order chi connectivity index (χ0) is 52.3. The van der Waals surface area contributed by atoms with Crippen molar-refractivity contribution in [3.8, 4) is 22.5 Å². The third kappa shape index (κ3) is 16.3. The number of carbonyl (C=O) groups excluding carboxylic acids is 1. The summed E-state index contributed by atoms with van der Waals surface area (Å²) in [6.45, 7) is 24.4. The summed E-state index contributed by atoms with van der Waals surface area (Å²) >= 11 is 0. The van der Waals surface area contributed by atoms with Crippen molar-refractivity contribution >= 4 is 24.8 Å². The zero-order valence-corrected chi connectivity index (χ0v) is 45.6. The van der Waals surface area contributed by atoms with Gasteiger partial charge in [0.25, 0.3) is 8.32 Å². The minimum atomic E-state index is -2.71. The molecule has 4 heterocycles. The summed E-state index contributed by atoms with van der Waals surface area (Å²) in [6.07, 6.45) is 6.48. The molecule has 1 amide bonds. The van der Waals surface area contributed by atoms with Crippen molar-refractivity contribution in [3.05, 3.63) is 144 Å². The predicted molar refractivity (Wildman–Crippen MR) is 310 cm³/mol. The van der Waals surface area contributed by atoms with Crippen LogP contribution in [0.25, 0.3) is 22.5 Å². The van der Waals surface area contributed by atoms with Gasteiger partial charge in [-0.15, -0.1) is 0 Å². The van der Waals surface area contributed by atoms with Crippen LogP contribution in [0, 0.1) is 0 Å². The first kappa shape index (κ1) is 63.8. The minimum Gasteiger partial charge on any atom is -0.444 e. The van der Waals surface area contributed by atoms with E-state index < -0.39 is 25.6 Å². The Labute approximate surface area is 451 Å². The molecule has 2 unspecified atom stereocenters. The van der Waals surface area contributed by atoms with Crippen molar-refractivity contribution in [1.29, 1.82) is 0 Å². The van der Waals surface area contributed by atoms with E-state index in [2.05, 4.69) is 185 Å². The van der Waals surface area contributed by atoms with Gasteiger partial charge in [0.15, 0.2) is 0 Å². The van der Waals surface area contributed by atoms with Gasteiger partial charge in [-0.05, 0) is 101 Å². The van der Waals surface area contributed by atoms with Crippen LogP contribution in [-0.2, 0) is 55.8 Å². The van der Waals surface area contributed by atoms with E-state index in [4.69, 9.17) is 44.6 Å². The van der Waals surface area contributed by atoms with E-state index in [1.807, 2.05) is 20.8 Å². The van der Waals surface area contributed by atoms with E-state index in [9.17, 15) is 4.79 Å². The molecule has 0 bridgehead atoms. The number of amides is 1. The Morgan fingerprint density at radius 1 is 0.693 bits per heavy atom. The maximum absolute atomic E-state index is 13.0. The van der Waals surface area contributed by atoms with E-state index in [0.29, 0.717) is 32.5 Å². The lowest BCUT2D eigenvalue weighted by Crippen LogP contribution is -2.66. The molecular formula is C61H92N6O7Si. The van der Waals surface area contributed by atoms with Crippen molar-refractivity contribution in [2.45, 2.75) is 164 Å². The molecule has 8 rings (SSSR count). The molecule has 2 aliphatic heterocycles. The molecule has 4 aromatic carbocycles. The van der Waals surface area contributed by atoms with Gasteiger partial charge in [0, 0.05) is 69.0 Å². The Bertz CT molecular complexity index is 2580. The standard InChI is InChI=1S/C39H51N3O4Si.C18H25N3O2.CH4O.3CH4/c1-37(2,3)46-36(43)40-31(27-29-19-21-30(22-20-29)34-28-42-24-26-44-39(7,8)35(42)41-34)23-25-45-47(38(4,5)6,32-15-11-9-12-16-32)33-17-13-10-14-18-33;1-18(2)17-20-16(12-21(17)8-10-23-18)14-5-3-13(4-6-14)11-15(19)7-9-22;1-2;;;/h9-22,28,31H,23-27H2,1-8H3,(H,40,43);3-6,12,15,22H,7-11,19H2,1-2H3;2H,1H3;3*1H4. The quantitative estimate of drug-likeness (QED) is 0.0727. The normalized spacial score (nSPS) is 15.2. The number of aliphatic hydroxyl groups is 2. The van der Waals surface area contributed by atoms with Crippen molar-refractivity contribution in [2.75, 3.05) is 33.5 Å². The highest BCUT2D eigenvalue weighted by Gasteiger charge is 2.50. The molecule has 2 aliphatic rings. The first-order valence-corrected chi connectivity index (χ1v) is 27.3. The van der Waals surface area contributed by atoms with Crippen LogP contribution in [-0.4, -0.2) is 94.9 Å². The van der Waals surface area contributed by atoms with Crippen LogP contribution in [0.3, 0.4) is 0 Å². The number of hydrogen-bond acceptors (Lipinski definition) is 10. The number of rotatable bonds is 15. The number of fused-ring (bicyclic) bond motifs is 2. The number of imidazole rings is 2. The molecule has 0 radical (unpaired) electrons. The molecule has 0 spiro atoms. The molecule has 2 aromatic heterocycles. The molecule has 5 N–H and O–H groups in total. The van der Waals surface area contributed by atoms with Gasteiger partial charge in [0.2, 0.25) is 0 Å². The predicted octanol–water partition coefficient (Wildman–Crippen LogP) is 10.8. The summed E-state index contributed by atoms with van der Waals surface area (Å²) in [6, 6.07) is 37.9. The lowest BCUT2D eigenvalue weighted by molar-refractivity contribution is -0.0541. The largest absolute Gasteiger partial charge is 0.444 e. The molecule has 14 heteroatoms. The summed E-state index contributed by atoms with van der Waals surface area (Å²) in [7, 11) is -1.71. The number of carbonyl (C=O) groups is 1. The van der Waals surface area contributed by atoms with Crippen molar-refractivity contribution in [1.82, 2.24) is 24.4 Å². The van der Waals surface area contributed by atoms with Gasteiger partial charge in [-0.1, -0.05) is 152 Å². The topological polar surface area (TPSA) is 168 Å². The van der Waals surface area contributed by atoms with Crippen LogP contribution in [0.4, 0.5) is 4.79 Å². The van der Waals surface area contributed by atoms with Crippen LogP contribution in [0.15, 0.2) is 122 Å². The smallest absolute Gasteiger partial charge is 0.407 e. The lowest BCUT2D eigenvalue weighted by Gasteiger charge is -2.43. The Morgan fingerprint density at radius 3 is 1.51 bits per heavy atom. The summed E-state index contributed by atoms with van der Waals surface area (Å²) in [5.74, 6) is 1.93. The summed E-state index contributed by atoms with van der Waals surface area (Å²) in [5, 5.41) is 21.4. The first-order chi connectivity index (χ1) is 34.2. The number of hydrogen-bond donors (Lipinski definition) is 4. The monoisotopic (exact) mass is 1050 g/mol. The number of nitrogens with zero attached hydrogens (tertiary/aromatic N) is 4. The number of alkyl carbamates (subject to hydrolysis) is 1. The maximum Gasteiger partial charge on any atom is 0.407 e. The molecule has 0 saturated heterocycles. The van der Waals surface area contributed by atoms with E-state index in [0.717, 1.165) is 73.0 Å². The van der Waals surface area contributed by atoms with Crippen molar-refractivity contribution in [3.63, 3.8) is 0 Å². The molecular weight excluding hydrogens is 957 g/mol. The lowest BCUT2D eigenvalue weighted by atomic mass is 10.0. The Morgan fingerprint density at radius 2 is 1.12 bits per heavy atom. The van der Waals surface area contributed by atoms with Gasteiger partial charge in [0.05, 0.1) is 24.6 Å². The van der Waals surface area contributed by atoms with E-state index >= 15 is 0 Å². The SMILES string of the molecule is C.C.C.CC(C)(C)OC(=O)NC(CCO[Si](c1ccccc1)(c1ccccc1)C(C)(C)C)Cc1ccc(-c2cn3c(n2)C(C)(C)OCC3)cc1.CC1(C)OCCn2cc(-c3ccc(CC(N)CCO)cc3)nc21.CO. The highest BCUT2D eigenvalue weighted by atomic mass is 28.4. The number of nitrogens with one attached hydrogen (secondary N) is 1. The zero-order valence-electron chi connectivity index (χ0n) is 44.6. The second kappa shape index (κ2) is 27.5. The van der Waals surface area contributed by atoms with Crippen molar-refractivity contribution < 1.29 is 33.6 Å². The summed E-state index contributed by atoms with van der Waals surface area (Å²) in [5.41, 5.74) is 11.0. The van der Waals surface area contributed by atoms with Crippen molar-refractivity contribution in [2.24, 2.45) is 5.73 Å². The van der Waals surface area contributed by atoms with Crippen LogP contribution in [0.1, 0.15) is 127 Å². The molecule has 13 nitrogen and oxygen atoms in total. The van der Waals surface area contributed by atoms with Gasteiger partial charge in [-0.25, -0.2) is 14.8 Å². The first-order valence-electron chi connectivity index (χ1n) is 25.3. The molecule has 0 aliphatic carbocycles. The molecule has 75 heavy (non-hydrogen) atoms. The fourth-order valence-corrected chi connectivity index (χ4v) is 14.2.